The number of nitrogens with zero attached hydrogens (tertiary/aromatic N) is 3. The molecule has 0 saturated carbocycles. The van der Waals surface area contributed by atoms with Gasteiger partial charge in [-0.05, 0) is 6.42 Å². The van der Waals surface area contributed by atoms with Crippen LogP contribution in [0, 0.1) is 0 Å². The zero-order valence-electron chi connectivity index (χ0n) is 10.6. The third kappa shape index (κ3) is 2.65. The Kier molecular flexibility index (Phi) is 4.59. The van der Waals surface area contributed by atoms with Crippen LogP contribution in [-0.4, -0.2) is 107 Å². The molecular formula is C9H13N4NaO7S. The van der Waals surface area contributed by atoms with Gasteiger partial charge in [0, 0.05) is 6.54 Å². The van der Waals surface area contributed by atoms with E-state index in [0.29, 0.717) is 4.31 Å². The summed E-state index contributed by atoms with van der Waals surface area (Å²) in [4.78, 5) is 36.1. The maximum absolute atomic E-state index is 12.0. The van der Waals surface area contributed by atoms with E-state index in [2.05, 4.69) is 10.2 Å². The topological polar surface area (TPSA) is 137 Å². The van der Waals surface area contributed by atoms with Crippen molar-refractivity contribution >= 4 is 57.9 Å². The van der Waals surface area contributed by atoms with Crippen LogP contribution in [0.4, 0.5) is 9.59 Å². The number of ether oxygens (including phenoxy) is 1. The molecule has 0 bridgehead atoms. The van der Waals surface area contributed by atoms with E-state index in [4.69, 9.17) is 4.55 Å². The summed E-state index contributed by atoms with van der Waals surface area (Å²) < 4.78 is 36.0. The van der Waals surface area contributed by atoms with E-state index in [1.54, 1.807) is 0 Å². The molecule has 3 rings (SSSR count). The maximum atomic E-state index is 12.0. The average Bonchev–Trinajstić information content (AvgIpc) is 2.92. The number of carbonyl (C=O) groups excluding carboxylic acids is 3. The van der Waals surface area contributed by atoms with E-state index in [1.165, 1.54) is 0 Å². The number of β-lactam (4-membered cyclic amide) rings is 1. The van der Waals surface area contributed by atoms with E-state index in [9.17, 15) is 22.8 Å². The van der Waals surface area contributed by atoms with Crippen molar-refractivity contribution in [3.05, 3.63) is 0 Å². The summed E-state index contributed by atoms with van der Waals surface area (Å²) in [6.45, 7) is 0.486. The summed E-state index contributed by atoms with van der Waals surface area (Å²) in [5.74, 6) is -0.862. The van der Waals surface area contributed by atoms with Crippen molar-refractivity contribution in [2.75, 3.05) is 19.7 Å². The Morgan fingerprint density at radius 1 is 1.32 bits per heavy atom. The number of likely N-dealkylation sites (tertiary alicyclic amines) is 1. The first-order chi connectivity index (χ1) is 9.80. The SMILES string of the molecule is O=C1OCCN1NC(=O)N1CC[C@@H]2[C@H]1C(=O)N2S(=O)(=O)O.[NaH]. The quantitative estimate of drug-likeness (QED) is 0.321. The molecule has 0 aromatic rings. The van der Waals surface area contributed by atoms with Gasteiger partial charge in [-0.2, -0.15) is 8.42 Å². The number of amides is 4. The second-order valence-electron chi connectivity index (χ2n) is 4.79. The third-order valence-electron chi connectivity index (χ3n) is 3.64. The van der Waals surface area contributed by atoms with Gasteiger partial charge in [0.2, 0.25) is 0 Å². The van der Waals surface area contributed by atoms with Crippen molar-refractivity contribution in [1.29, 1.82) is 0 Å². The van der Waals surface area contributed by atoms with Crippen LogP contribution in [-0.2, 0) is 19.8 Å². The number of rotatable bonds is 2. The van der Waals surface area contributed by atoms with Crippen molar-refractivity contribution in [3.8, 4) is 0 Å². The molecule has 0 unspecified atom stereocenters. The molecule has 0 aromatic heterocycles. The fourth-order valence-electron chi connectivity index (χ4n) is 2.72. The van der Waals surface area contributed by atoms with Gasteiger partial charge in [-0.3, -0.25) is 9.35 Å². The Hall–Kier alpha value is -1.08. The molecule has 4 amide bonds. The number of cyclic esters (lactones) is 1. The van der Waals surface area contributed by atoms with Crippen molar-refractivity contribution < 1.29 is 32.1 Å². The summed E-state index contributed by atoms with van der Waals surface area (Å²) >= 11 is 0. The molecular weight excluding hydrogens is 331 g/mol. The van der Waals surface area contributed by atoms with Gasteiger partial charge in [-0.25, -0.2) is 24.3 Å². The first-order valence-electron chi connectivity index (χ1n) is 6.13. The molecule has 0 aromatic carbocycles. The number of hydrazine groups is 1. The molecule has 2 atom stereocenters. The Bertz CT molecular complexity index is 625. The van der Waals surface area contributed by atoms with E-state index >= 15 is 0 Å². The van der Waals surface area contributed by atoms with Gasteiger partial charge < -0.3 is 9.64 Å². The zero-order chi connectivity index (χ0) is 15.4. The Morgan fingerprint density at radius 2 is 2.00 bits per heavy atom. The second-order valence-corrected chi connectivity index (χ2v) is 6.08. The van der Waals surface area contributed by atoms with Gasteiger partial charge in [0.25, 0.3) is 5.91 Å². The molecule has 0 aliphatic carbocycles. The van der Waals surface area contributed by atoms with Crippen LogP contribution in [0.15, 0.2) is 0 Å². The third-order valence-corrected chi connectivity index (χ3v) is 4.59. The van der Waals surface area contributed by atoms with Gasteiger partial charge in [0.15, 0.2) is 0 Å². The van der Waals surface area contributed by atoms with E-state index in [1.807, 2.05) is 0 Å². The van der Waals surface area contributed by atoms with E-state index in [0.717, 1.165) is 9.91 Å². The van der Waals surface area contributed by atoms with Crippen molar-refractivity contribution in [2.24, 2.45) is 0 Å². The molecule has 3 aliphatic heterocycles. The number of nitrogens with one attached hydrogen (secondary N) is 1. The monoisotopic (exact) mass is 344 g/mol. The minimum atomic E-state index is -4.61. The standard InChI is InChI=1S/C9H12N4O7S.Na.H/c14-7-6-5(13(7)21(17,18)19)1-2-11(6)8(15)10-12-3-4-20-9(12)16;;/h5-6H,1-4H2,(H,10,15)(H,17,18,19);;/t5-,6+;;/m1../s1. The molecule has 0 radical (unpaired) electrons. The van der Waals surface area contributed by atoms with Gasteiger partial charge in [0.05, 0.1) is 12.6 Å². The predicted molar refractivity (Wildman–Crippen MR) is 71.0 cm³/mol. The normalized spacial score (nSPS) is 27.0. The van der Waals surface area contributed by atoms with Crippen LogP contribution < -0.4 is 5.43 Å². The molecule has 3 fully saturated rings. The van der Waals surface area contributed by atoms with Gasteiger partial charge in [-0.1, -0.05) is 0 Å². The van der Waals surface area contributed by atoms with Crippen molar-refractivity contribution in [2.45, 2.75) is 18.5 Å². The second kappa shape index (κ2) is 5.85. The molecule has 2 N–H and O–H groups in total. The molecule has 3 aliphatic rings. The van der Waals surface area contributed by atoms with Crippen LogP contribution in [0.1, 0.15) is 6.42 Å². The fraction of sp³-hybridized carbons (Fsp3) is 0.667. The average molecular weight is 344 g/mol. The van der Waals surface area contributed by atoms with Crippen LogP contribution in [0.2, 0.25) is 0 Å². The van der Waals surface area contributed by atoms with Crippen LogP contribution in [0.3, 0.4) is 0 Å². The van der Waals surface area contributed by atoms with Crippen LogP contribution >= 0.6 is 0 Å². The fourth-order valence-corrected chi connectivity index (χ4v) is 3.62. The summed E-state index contributed by atoms with van der Waals surface area (Å²) in [7, 11) is -4.61. The van der Waals surface area contributed by atoms with Crippen molar-refractivity contribution in [3.63, 3.8) is 0 Å². The number of hydrogen-bond donors (Lipinski definition) is 2. The van der Waals surface area contributed by atoms with Gasteiger partial charge in [-0.15, -0.1) is 0 Å². The van der Waals surface area contributed by atoms with Gasteiger partial charge >= 0.3 is 52.0 Å². The first kappa shape index (κ1) is 17.3. The predicted octanol–water partition coefficient (Wildman–Crippen LogP) is -2.50. The molecule has 0 spiro atoms. The molecule has 3 heterocycles. The Balaban J connectivity index is 0.00000176. The molecule has 11 nitrogen and oxygen atoms in total. The minimum absolute atomic E-state index is 0. The van der Waals surface area contributed by atoms with Crippen LogP contribution in [0.25, 0.3) is 0 Å². The van der Waals surface area contributed by atoms with E-state index < -0.39 is 40.4 Å². The summed E-state index contributed by atoms with van der Waals surface area (Å²) in [5, 5.41) is 0.972. The van der Waals surface area contributed by atoms with Crippen molar-refractivity contribution in [1.82, 2.24) is 19.6 Å². The Labute approximate surface area is 147 Å². The number of fused-ring (bicyclic) bond motifs is 1. The van der Waals surface area contributed by atoms with Crippen LogP contribution in [0.5, 0.6) is 0 Å². The Morgan fingerprint density at radius 3 is 2.55 bits per heavy atom. The number of urea groups is 1. The molecule has 13 heteroatoms. The summed E-state index contributed by atoms with van der Waals surface area (Å²) in [6.07, 6.45) is -0.466. The zero-order valence-corrected chi connectivity index (χ0v) is 11.4. The summed E-state index contributed by atoms with van der Waals surface area (Å²) in [6, 6.07) is -2.39. The van der Waals surface area contributed by atoms with Gasteiger partial charge in [0.1, 0.15) is 12.6 Å². The summed E-state index contributed by atoms with van der Waals surface area (Å²) in [5.41, 5.74) is 2.29. The molecule has 118 valence electrons. The molecule has 22 heavy (non-hydrogen) atoms. The number of hydrogen-bond acceptors (Lipinski definition) is 6. The molecule has 3 saturated heterocycles. The van der Waals surface area contributed by atoms with E-state index in [-0.39, 0.29) is 55.7 Å². The first-order valence-corrected chi connectivity index (χ1v) is 7.52. The number of carbonyl (C=O) groups is 3.